The van der Waals surface area contributed by atoms with Crippen LogP contribution < -0.4 is 5.73 Å². The number of hydrogen-bond acceptors (Lipinski definition) is 2. The molecule has 1 rings (SSSR count). The van der Waals surface area contributed by atoms with Crippen LogP contribution in [0.3, 0.4) is 0 Å². The molecule has 1 atom stereocenters. The molecule has 2 nitrogen and oxygen atoms in total. The fourth-order valence-corrected chi connectivity index (χ4v) is 1.82. The molecule has 0 aliphatic rings. The molecule has 0 saturated heterocycles. The number of ether oxygens (including phenoxy) is 1. The number of halogens is 3. The summed E-state index contributed by atoms with van der Waals surface area (Å²) < 4.78 is 19.2. The molecular weight excluding hydrogens is 284 g/mol. The third kappa shape index (κ3) is 2.69. The fourth-order valence-electron chi connectivity index (χ4n) is 1.34. The normalized spacial score (nSPS) is 15.1. The van der Waals surface area contributed by atoms with Gasteiger partial charge in [-0.15, -0.1) is 0 Å². The largest absolute Gasteiger partial charge is 0.382 e. The van der Waals surface area contributed by atoms with Crippen LogP contribution in [0.1, 0.15) is 12.5 Å². The van der Waals surface area contributed by atoms with Gasteiger partial charge in [-0.2, -0.15) is 0 Å². The van der Waals surface area contributed by atoms with E-state index in [9.17, 15) is 4.39 Å². The van der Waals surface area contributed by atoms with Crippen molar-refractivity contribution in [3.05, 3.63) is 33.0 Å². The van der Waals surface area contributed by atoms with E-state index in [1.165, 1.54) is 7.11 Å². The van der Waals surface area contributed by atoms with Crippen molar-refractivity contribution >= 4 is 27.5 Å². The molecule has 0 amide bonds. The Morgan fingerprint density at radius 2 is 2.20 bits per heavy atom. The van der Waals surface area contributed by atoms with Crippen molar-refractivity contribution in [1.29, 1.82) is 0 Å². The highest BCUT2D eigenvalue weighted by molar-refractivity contribution is 9.10. The van der Waals surface area contributed by atoms with Crippen LogP contribution in [-0.2, 0) is 10.3 Å². The summed E-state index contributed by atoms with van der Waals surface area (Å²) in [6, 6.07) is 3.27. The van der Waals surface area contributed by atoms with Gasteiger partial charge in [0.15, 0.2) is 0 Å². The van der Waals surface area contributed by atoms with Gasteiger partial charge < -0.3 is 10.5 Å². The van der Waals surface area contributed by atoms with Gasteiger partial charge in [0.2, 0.25) is 0 Å². The summed E-state index contributed by atoms with van der Waals surface area (Å²) in [5.41, 5.74) is 5.39. The Morgan fingerprint density at radius 1 is 1.60 bits per heavy atom. The Bertz CT molecular complexity index is 371. The number of hydrogen-bond donors (Lipinski definition) is 1. The summed E-state index contributed by atoms with van der Waals surface area (Å²) in [5.74, 6) is -0.506. The van der Waals surface area contributed by atoms with Gasteiger partial charge in [0, 0.05) is 17.1 Å². The van der Waals surface area contributed by atoms with E-state index in [1.54, 1.807) is 19.1 Å². The van der Waals surface area contributed by atoms with Crippen molar-refractivity contribution in [3.63, 3.8) is 0 Å². The van der Waals surface area contributed by atoms with Crippen molar-refractivity contribution in [2.75, 3.05) is 13.7 Å². The average molecular weight is 297 g/mol. The quantitative estimate of drug-likeness (QED) is 0.870. The molecule has 0 radical (unpaired) electrons. The molecule has 0 saturated carbocycles. The maximum Gasteiger partial charge on any atom is 0.148 e. The zero-order valence-corrected chi connectivity index (χ0v) is 10.8. The second-order valence-electron chi connectivity index (χ2n) is 3.57. The van der Waals surface area contributed by atoms with E-state index in [0.717, 1.165) is 0 Å². The summed E-state index contributed by atoms with van der Waals surface area (Å²) in [6.07, 6.45) is 0. The Kier molecular flexibility index (Phi) is 4.12. The van der Waals surface area contributed by atoms with Gasteiger partial charge in [-0.3, -0.25) is 0 Å². The lowest BCUT2D eigenvalue weighted by atomic mass is 9.94. The van der Waals surface area contributed by atoms with Crippen LogP contribution in [0, 0.1) is 5.82 Å². The highest BCUT2D eigenvalue weighted by Crippen LogP contribution is 2.31. The van der Waals surface area contributed by atoms with Crippen LogP contribution >= 0.6 is 27.5 Å². The molecule has 0 spiro atoms. The van der Waals surface area contributed by atoms with E-state index in [-0.39, 0.29) is 11.6 Å². The first-order valence-corrected chi connectivity index (χ1v) is 5.49. The molecule has 1 unspecified atom stereocenters. The predicted octanol–water partition coefficient (Wildman–Crippen LogP) is 3.06. The number of methoxy groups -OCH3 is 1. The zero-order valence-electron chi connectivity index (χ0n) is 8.48. The lowest BCUT2D eigenvalue weighted by Gasteiger charge is -2.25. The summed E-state index contributed by atoms with van der Waals surface area (Å²) in [4.78, 5) is 0. The number of benzene rings is 1. The average Bonchev–Trinajstić information content (AvgIpc) is 2.13. The van der Waals surface area contributed by atoms with Gasteiger partial charge >= 0.3 is 0 Å². The van der Waals surface area contributed by atoms with E-state index >= 15 is 0 Å². The van der Waals surface area contributed by atoms with Crippen LogP contribution in [0.25, 0.3) is 0 Å². The molecule has 2 N–H and O–H groups in total. The van der Waals surface area contributed by atoms with Gasteiger partial charge in [-0.1, -0.05) is 17.7 Å². The molecule has 1 aromatic carbocycles. The highest BCUT2D eigenvalue weighted by Gasteiger charge is 2.26. The Morgan fingerprint density at radius 3 is 2.73 bits per heavy atom. The van der Waals surface area contributed by atoms with Gasteiger partial charge in [0.05, 0.1) is 17.2 Å². The molecule has 0 fully saturated rings. The van der Waals surface area contributed by atoms with Gasteiger partial charge in [0.1, 0.15) is 5.82 Å². The molecular formula is C10H12BrClFNO. The summed E-state index contributed by atoms with van der Waals surface area (Å²) >= 11 is 8.91. The minimum absolute atomic E-state index is 0.0419. The van der Waals surface area contributed by atoms with Crippen molar-refractivity contribution in [3.8, 4) is 0 Å². The first kappa shape index (κ1) is 12.9. The molecule has 5 heteroatoms. The molecule has 0 aliphatic carbocycles. The van der Waals surface area contributed by atoms with Crippen LogP contribution in [-0.4, -0.2) is 13.7 Å². The van der Waals surface area contributed by atoms with Crippen LogP contribution in [0.5, 0.6) is 0 Å². The lowest BCUT2D eigenvalue weighted by molar-refractivity contribution is 0.139. The van der Waals surface area contributed by atoms with Crippen molar-refractivity contribution in [2.45, 2.75) is 12.5 Å². The SMILES string of the molecule is COCC(C)(N)c1ccc(Br)c(Cl)c1F. The standard InChI is InChI=1S/C10H12BrClFNO/c1-10(14,5-15-2)6-3-4-7(11)8(12)9(6)13/h3-4H,5,14H2,1-2H3. The lowest BCUT2D eigenvalue weighted by Crippen LogP contribution is -2.38. The van der Waals surface area contributed by atoms with Gasteiger partial charge in [-0.25, -0.2) is 4.39 Å². The fraction of sp³-hybridized carbons (Fsp3) is 0.400. The summed E-state index contributed by atoms with van der Waals surface area (Å²) in [7, 11) is 1.52. The molecule has 84 valence electrons. The maximum atomic E-state index is 13.8. The Balaban J connectivity index is 3.21. The topological polar surface area (TPSA) is 35.2 Å². The number of rotatable bonds is 3. The molecule has 0 heterocycles. The molecule has 0 aliphatic heterocycles. The molecule has 15 heavy (non-hydrogen) atoms. The van der Waals surface area contributed by atoms with E-state index in [0.29, 0.717) is 10.0 Å². The maximum absolute atomic E-state index is 13.8. The minimum Gasteiger partial charge on any atom is -0.382 e. The summed E-state index contributed by atoms with van der Waals surface area (Å²) in [6.45, 7) is 1.92. The molecule has 1 aromatic rings. The smallest absolute Gasteiger partial charge is 0.148 e. The highest BCUT2D eigenvalue weighted by atomic mass is 79.9. The van der Waals surface area contributed by atoms with E-state index < -0.39 is 11.4 Å². The second kappa shape index (κ2) is 4.78. The van der Waals surface area contributed by atoms with Crippen LogP contribution in [0.2, 0.25) is 5.02 Å². The van der Waals surface area contributed by atoms with E-state index in [1.807, 2.05) is 0 Å². The van der Waals surface area contributed by atoms with Crippen molar-refractivity contribution in [1.82, 2.24) is 0 Å². The third-order valence-electron chi connectivity index (χ3n) is 2.09. The molecule has 0 bridgehead atoms. The number of nitrogens with two attached hydrogens (primary N) is 1. The third-order valence-corrected chi connectivity index (χ3v) is 3.35. The second-order valence-corrected chi connectivity index (χ2v) is 4.81. The zero-order chi connectivity index (χ0) is 11.6. The van der Waals surface area contributed by atoms with E-state index in [4.69, 9.17) is 22.1 Å². The Labute approximate surface area is 102 Å². The van der Waals surface area contributed by atoms with Crippen LogP contribution in [0.4, 0.5) is 4.39 Å². The van der Waals surface area contributed by atoms with E-state index in [2.05, 4.69) is 15.9 Å². The monoisotopic (exact) mass is 295 g/mol. The summed E-state index contributed by atoms with van der Waals surface area (Å²) in [5, 5.41) is 0.0419. The minimum atomic E-state index is -0.886. The first-order valence-electron chi connectivity index (χ1n) is 4.32. The van der Waals surface area contributed by atoms with Crippen molar-refractivity contribution in [2.24, 2.45) is 5.73 Å². The molecule has 0 aromatic heterocycles. The van der Waals surface area contributed by atoms with Gasteiger partial charge in [0.25, 0.3) is 0 Å². The Hall–Kier alpha value is -0.160. The van der Waals surface area contributed by atoms with Crippen molar-refractivity contribution < 1.29 is 9.13 Å². The first-order chi connectivity index (χ1) is 6.90. The van der Waals surface area contributed by atoms with Gasteiger partial charge in [-0.05, 0) is 28.9 Å². The van der Waals surface area contributed by atoms with Crippen LogP contribution in [0.15, 0.2) is 16.6 Å². The predicted molar refractivity (Wildman–Crippen MR) is 62.5 cm³/mol.